The van der Waals surface area contributed by atoms with Gasteiger partial charge in [-0.25, -0.2) is 4.98 Å². The molecule has 8 heteroatoms. The Bertz CT molecular complexity index is 930. The molecular formula is C16H16N4O4. The predicted octanol–water partition coefficient (Wildman–Crippen LogP) is 1.59. The minimum Gasteiger partial charge on any atom is -0.442 e. The molecule has 24 heavy (non-hydrogen) atoms. The van der Waals surface area contributed by atoms with E-state index in [4.69, 9.17) is 9.15 Å². The van der Waals surface area contributed by atoms with Crippen molar-refractivity contribution in [1.29, 1.82) is 0 Å². The van der Waals surface area contributed by atoms with Gasteiger partial charge >= 0.3 is 0 Å². The second-order valence-corrected chi connectivity index (χ2v) is 5.15. The SMILES string of the molecule is COCCn1cnc2oc(C)c(C(=O)Nc3cccnc3)c2c1=O. The van der Waals surface area contributed by atoms with Gasteiger partial charge < -0.3 is 14.5 Å². The van der Waals surface area contributed by atoms with Crippen LogP contribution in [0.2, 0.25) is 0 Å². The van der Waals surface area contributed by atoms with Crippen LogP contribution in [0, 0.1) is 6.92 Å². The number of methoxy groups -OCH3 is 1. The summed E-state index contributed by atoms with van der Waals surface area (Å²) in [5.41, 5.74) is 0.505. The number of hydrogen-bond donors (Lipinski definition) is 1. The number of aromatic nitrogens is 3. The molecule has 124 valence electrons. The second-order valence-electron chi connectivity index (χ2n) is 5.15. The molecule has 0 aliphatic heterocycles. The lowest BCUT2D eigenvalue weighted by Crippen LogP contribution is -2.24. The summed E-state index contributed by atoms with van der Waals surface area (Å²) >= 11 is 0. The van der Waals surface area contributed by atoms with Crippen LogP contribution in [0.5, 0.6) is 0 Å². The van der Waals surface area contributed by atoms with E-state index in [1.165, 1.54) is 17.1 Å². The van der Waals surface area contributed by atoms with Crippen molar-refractivity contribution in [2.75, 3.05) is 19.0 Å². The van der Waals surface area contributed by atoms with E-state index in [0.29, 0.717) is 24.6 Å². The number of aryl methyl sites for hydroxylation is 1. The van der Waals surface area contributed by atoms with E-state index >= 15 is 0 Å². The van der Waals surface area contributed by atoms with Crippen molar-refractivity contribution in [2.45, 2.75) is 13.5 Å². The van der Waals surface area contributed by atoms with Gasteiger partial charge in [0.2, 0.25) is 5.71 Å². The van der Waals surface area contributed by atoms with Gasteiger partial charge in [-0.1, -0.05) is 0 Å². The molecule has 0 atom stereocenters. The molecule has 0 saturated carbocycles. The molecule has 3 aromatic rings. The molecule has 0 aromatic carbocycles. The number of nitrogens with zero attached hydrogens (tertiary/aromatic N) is 3. The minimum atomic E-state index is -0.442. The van der Waals surface area contributed by atoms with Crippen LogP contribution in [-0.2, 0) is 11.3 Å². The van der Waals surface area contributed by atoms with E-state index in [2.05, 4.69) is 15.3 Å². The predicted molar refractivity (Wildman–Crippen MR) is 87.1 cm³/mol. The molecule has 8 nitrogen and oxygen atoms in total. The van der Waals surface area contributed by atoms with Crippen LogP contribution in [-0.4, -0.2) is 34.2 Å². The number of carbonyl (C=O) groups excluding carboxylic acids is 1. The third-order valence-electron chi connectivity index (χ3n) is 3.54. The summed E-state index contributed by atoms with van der Waals surface area (Å²) in [6, 6.07) is 3.41. The Morgan fingerprint density at radius 1 is 1.46 bits per heavy atom. The first-order chi connectivity index (χ1) is 11.6. The van der Waals surface area contributed by atoms with Gasteiger partial charge in [-0.05, 0) is 19.1 Å². The number of anilines is 1. The fraction of sp³-hybridized carbons (Fsp3) is 0.250. The van der Waals surface area contributed by atoms with Crippen LogP contribution in [0.25, 0.3) is 11.1 Å². The molecule has 0 unspecified atom stereocenters. The number of carbonyl (C=O) groups is 1. The lowest BCUT2D eigenvalue weighted by Gasteiger charge is -2.05. The van der Waals surface area contributed by atoms with Crippen molar-refractivity contribution >= 4 is 22.7 Å². The maximum absolute atomic E-state index is 12.6. The normalized spacial score (nSPS) is 10.9. The lowest BCUT2D eigenvalue weighted by atomic mass is 10.1. The Balaban J connectivity index is 2.05. The minimum absolute atomic E-state index is 0.141. The number of ether oxygens (including phenoxy) is 1. The highest BCUT2D eigenvalue weighted by Crippen LogP contribution is 2.22. The highest BCUT2D eigenvalue weighted by molar-refractivity contribution is 6.12. The molecular weight excluding hydrogens is 312 g/mol. The highest BCUT2D eigenvalue weighted by atomic mass is 16.5. The molecule has 0 saturated heterocycles. The van der Waals surface area contributed by atoms with Gasteiger partial charge in [0.1, 0.15) is 17.5 Å². The number of amides is 1. The zero-order valence-corrected chi connectivity index (χ0v) is 13.3. The summed E-state index contributed by atoms with van der Waals surface area (Å²) < 4.78 is 11.8. The number of rotatable bonds is 5. The molecule has 0 aliphatic rings. The summed E-state index contributed by atoms with van der Waals surface area (Å²) in [5, 5.41) is 2.86. The molecule has 0 spiro atoms. The van der Waals surface area contributed by atoms with Gasteiger partial charge in [0.15, 0.2) is 0 Å². The van der Waals surface area contributed by atoms with Crippen LogP contribution in [0.4, 0.5) is 5.69 Å². The zero-order valence-electron chi connectivity index (χ0n) is 13.3. The summed E-state index contributed by atoms with van der Waals surface area (Å²) in [6.07, 6.45) is 4.51. The average molecular weight is 328 g/mol. The van der Waals surface area contributed by atoms with Crippen LogP contribution in [0.15, 0.2) is 40.1 Å². The van der Waals surface area contributed by atoms with Gasteiger partial charge in [-0.3, -0.25) is 19.1 Å². The summed E-state index contributed by atoms with van der Waals surface area (Å²) in [4.78, 5) is 33.3. The van der Waals surface area contributed by atoms with Gasteiger partial charge in [-0.15, -0.1) is 0 Å². The zero-order chi connectivity index (χ0) is 17.1. The van der Waals surface area contributed by atoms with Crippen LogP contribution < -0.4 is 10.9 Å². The Labute approximate surface area is 137 Å². The van der Waals surface area contributed by atoms with E-state index in [1.54, 1.807) is 32.4 Å². The van der Waals surface area contributed by atoms with Gasteiger partial charge in [-0.2, -0.15) is 0 Å². The van der Waals surface area contributed by atoms with Crippen molar-refractivity contribution in [3.8, 4) is 0 Å². The molecule has 3 rings (SSSR count). The first-order valence-corrected chi connectivity index (χ1v) is 7.30. The number of furan rings is 1. The number of hydrogen-bond acceptors (Lipinski definition) is 6. The third-order valence-corrected chi connectivity index (χ3v) is 3.54. The van der Waals surface area contributed by atoms with Gasteiger partial charge in [0.05, 0.1) is 30.6 Å². The Hall–Kier alpha value is -3.00. The summed E-state index contributed by atoms with van der Waals surface area (Å²) in [6.45, 7) is 2.33. The van der Waals surface area contributed by atoms with Crippen LogP contribution >= 0.6 is 0 Å². The second kappa shape index (κ2) is 6.63. The topological polar surface area (TPSA) is 99.2 Å². The summed E-state index contributed by atoms with van der Waals surface area (Å²) in [7, 11) is 1.55. The van der Waals surface area contributed by atoms with E-state index in [9.17, 15) is 9.59 Å². The molecule has 1 N–H and O–H groups in total. The van der Waals surface area contributed by atoms with E-state index in [0.717, 1.165) is 0 Å². The van der Waals surface area contributed by atoms with Gasteiger partial charge in [0.25, 0.3) is 11.5 Å². The van der Waals surface area contributed by atoms with Crippen molar-refractivity contribution in [2.24, 2.45) is 0 Å². The lowest BCUT2D eigenvalue weighted by molar-refractivity contribution is 0.102. The van der Waals surface area contributed by atoms with E-state index < -0.39 is 5.91 Å². The quantitative estimate of drug-likeness (QED) is 0.763. The number of fused-ring (bicyclic) bond motifs is 1. The molecule has 3 heterocycles. The van der Waals surface area contributed by atoms with E-state index in [1.807, 2.05) is 0 Å². The van der Waals surface area contributed by atoms with Crippen molar-refractivity contribution < 1.29 is 13.9 Å². The Morgan fingerprint density at radius 2 is 2.29 bits per heavy atom. The summed E-state index contributed by atoms with van der Waals surface area (Å²) in [5.74, 6) is -0.108. The van der Waals surface area contributed by atoms with Crippen LogP contribution in [0.3, 0.4) is 0 Å². The average Bonchev–Trinajstić information content (AvgIpc) is 2.92. The van der Waals surface area contributed by atoms with Gasteiger partial charge in [0, 0.05) is 13.3 Å². The monoisotopic (exact) mass is 328 g/mol. The van der Waals surface area contributed by atoms with Crippen molar-refractivity contribution in [1.82, 2.24) is 14.5 Å². The first kappa shape index (κ1) is 15.9. The fourth-order valence-corrected chi connectivity index (χ4v) is 2.39. The van der Waals surface area contributed by atoms with Crippen molar-refractivity contribution in [3.05, 3.63) is 52.5 Å². The molecule has 0 radical (unpaired) electrons. The molecule has 0 bridgehead atoms. The first-order valence-electron chi connectivity index (χ1n) is 7.30. The van der Waals surface area contributed by atoms with Crippen molar-refractivity contribution in [3.63, 3.8) is 0 Å². The number of pyridine rings is 1. The molecule has 3 aromatic heterocycles. The molecule has 1 amide bonds. The smallest absolute Gasteiger partial charge is 0.265 e. The Kier molecular flexibility index (Phi) is 4.39. The number of nitrogens with one attached hydrogen (secondary N) is 1. The maximum Gasteiger partial charge on any atom is 0.265 e. The third kappa shape index (κ3) is 2.91. The maximum atomic E-state index is 12.6. The standard InChI is InChI=1S/C16H16N4O4/c1-10-12(14(21)19-11-4-3-5-17-8-11)13-15(24-10)18-9-20(16(13)22)6-7-23-2/h3-5,8-9H,6-7H2,1-2H3,(H,19,21). The largest absolute Gasteiger partial charge is 0.442 e. The highest BCUT2D eigenvalue weighted by Gasteiger charge is 2.23. The Morgan fingerprint density at radius 3 is 3.00 bits per heavy atom. The van der Waals surface area contributed by atoms with E-state index in [-0.39, 0.29) is 22.2 Å². The fourth-order valence-electron chi connectivity index (χ4n) is 2.39. The molecule has 0 aliphatic carbocycles. The van der Waals surface area contributed by atoms with Crippen LogP contribution in [0.1, 0.15) is 16.1 Å². The molecule has 0 fully saturated rings.